The number of aromatic nitrogens is 2. The Morgan fingerprint density at radius 2 is 1.94 bits per heavy atom. The van der Waals surface area contributed by atoms with Gasteiger partial charge in [0.15, 0.2) is 0 Å². The molecule has 3 N–H and O–H groups in total. The Morgan fingerprint density at radius 3 is 2.56 bits per heavy atom. The van der Waals surface area contributed by atoms with Crippen molar-refractivity contribution in [2.75, 3.05) is 19.8 Å². The maximum absolute atomic E-state index is 13.0. The maximum atomic E-state index is 13.0. The molecule has 0 unspecified atom stereocenters. The van der Waals surface area contributed by atoms with Crippen LogP contribution in [0.2, 0.25) is 0 Å². The fourth-order valence-corrected chi connectivity index (χ4v) is 5.49. The van der Waals surface area contributed by atoms with Crippen LogP contribution in [0.15, 0.2) is 39.3 Å². The first-order valence-corrected chi connectivity index (χ1v) is 14.1. The standard InChI is InChI=1S/C26H37N5O4S/c1-26(2,3)25-30-22-13-21(7-8-23(22)31(25)17-19-9-11-35-12-10-19)36(33,34)29-16-20(14-27)24(32)28-15-18-5-4-6-18/h7-8,13-14,16,18-19H,4-6,9-12,15,17,27H2,1-3H3,(H,28,32). The molecular formula is C26H37N5O4S. The molecule has 1 aromatic carbocycles. The van der Waals surface area contributed by atoms with Crippen molar-refractivity contribution in [3.8, 4) is 0 Å². The fourth-order valence-electron chi connectivity index (χ4n) is 4.62. The van der Waals surface area contributed by atoms with E-state index in [0.717, 1.165) is 69.2 Å². The van der Waals surface area contributed by atoms with Gasteiger partial charge in [0.2, 0.25) is 0 Å². The third-order valence-electron chi connectivity index (χ3n) is 7.02. The largest absolute Gasteiger partial charge is 0.404 e. The second-order valence-electron chi connectivity index (χ2n) is 10.8. The summed E-state index contributed by atoms with van der Waals surface area (Å²) in [5.41, 5.74) is 6.88. The molecule has 196 valence electrons. The monoisotopic (exact) mass is 515 g/mol. The van der Waals surface area contributed by atoms with Crippen LogP contribution in [0.1, 0.15) is 58.7 Å². The van der Waals surface area contributed by atoms with Gasteiger partial charge in [-0.05, 0) is 55.7 Å². The highest BCUT2D eigenvalue weighted by Gasteiger charge is 2.26. The van der Waals surface area contributed by atoms with Gasteiger partial charge < -0.3 is 20.4 Å². The number of carbonyl (C=O) groups is 1. The topological polar surface area (TPSA) is 129 Å². The molecule has 10 heteroatoms. The molecule has 1 aromatic heterocycles. The number of sulfonamides is 1. The van der Waals surface area contributed by atoms with Crippen LogP contribution < -0.4 is 11.1 Å². The van der Waals surface area contributed by atoms with Crippen molar-refractivity contribution in [1.82, 2.24) is 14.9 Å². The molecule has 1 amide bonds. The molecule has 1 saturated carbocycles. The highest BCUT2D eigenvalue weighted by molar-refractivity contribution is 7.90. The zero-order valence-electron chi connectivity index (χ0n) is 21.4. The van der Waals surface area contributed by atoms with Gasteiger partial charge in [-0.25, -0.2) is 4.98 Å². The minimum Gasteiger partial charge on any atom is -0.404 e. The number of ether oxygens (including phenoxy) is 1. The van der Waals surface area contributed by atoms with Crippen LogP contribution in [0.4, 0.5) is 0 Å². The Hall–Kier alpha value is -2.72. The van der Waals surface area contributed by atoms with Gasteiger partial charge >= 0.3 is 0 Å². The van der Waals surface area contributed by atoms with Gasteiger partial charge in [0.05, 0.1) is 27.7 Å². The van der Waals surface area contributed by atoms with Gasteiger partial charge in [-0.1, -0.05) is 27.2 Å². The van der Waals surface area contributed by atoms with Gasteiger partial charge in [0.25, 0.3) is 15.9 Å². The summed E-state index contributed by atoms with van der Waals surface area (Å²) in [6.45, 7) is 9.21. The first-order valence-electron chi connectivity index (χ1n) is 12.7. The van der Waals surface area contributed by atoms with Crippen molar-refractivity contribution in [3.05, 3.63) is 35.8 Å². The van der Waals surface area contributed by atoms with Crippen molar-refractivity contribution in [2.24, 2.45) is 22.0 Å². The molecule has 1 aliphatic carbocycles. The van der Waals surface area contributed by atoms with Crippen LogP contribution in [0.5, 0.6) is 0 Å². The second kappa shape index (κ2) is 10.7. The van der Waals surface area contributed by atoms with E-state index >= 15 is 0 Å². The van der Waals surface area contributed by atoms with Crippen LogP contribution in [-0.4, -0.2) is 49.8 Å². The van der Waals surface area contributed by atoms with Crippen molar-refractivity contribution in [2.45, 2.75) is 69.7 Å². The highest BCUT2D eigenvalue weighted by Crippen LogP contribution is 2.30. The van der Waals surface area contributed by atoms with Crippen molar-refractivity contribution in [3.63, 3.8) is 0 Å². The molecule has 9 nitrogen and oxygen atoms in total. The van der Waals surface area contributed by atoms with Crippen molar-refractivity contribution < 1.29 is 17.9 Å². The molecule has 0 spiro atoms. The minimum absolute atomic E-state index is 0.00901. The van der Waals surface area contributed by atoms with E-state index in [2.05, 4.69) is 35.1 Å². The van der Waals surface area contributed by atoms with Gasteiger partial charge in [-0.15, -0.1) is 0 Å². The Bertz CT molecular complexity index is 1260. The van der Waals surface area contributed by atoms with Gasteiger partial charge in [-0.3, -0.25) is 4.79 Å². The molecule has 2 aliphatic rings. The summed E-state index contributed by atoms with van der Waals surface area (Å²) in [6, 6.07) is 4.90. The van der Waals surface area contributed by atoms with E-state index in [9.17, 15) is 13.2 Å². The zero-order valence-corrected chi connectivity index (χ0v) is 22.2. The lowest BCUT2D eigenvalue weighted by molar-refractivity contribution is -0.117. The summed E-state index contributed by atoms with van der Waals surface area (Å²) in [5.74, 6) is 1.45. The maximum Gasteiger partial charge on any atom is 0.282 e. The van der Waals surface area contributed by atoms with Crippen LogP contribution in [0, 0.1) is 11.8 Å². The fraction of sp³-hybridized carbons (Fsp3) is 0.577. The number of nitrogens with zero attached hydrogens (tertiary/aromatic N) is 3. The lowest BCUT2D eigenvalue weighted by Crippen LogP contribution is -2.33. The number of amides is 1. The number of carbonyl (C=O) groups excluding carboxylic acids is 1. The average Bonchev–Trinajstić information content (AvgIpc) is 3.17. The minimum atomic E-state index is -4.05. The highest BCUT2D eigenvalue weighted by atomic mass is 32.2. The van der Waals surface area contributed by atoms with E-state index < -0.39 is 15.9 Å². The third kappa shape index (κ3) is 5.98. The Labute approximate surface area is 213 Å². The number of benzene rings is 1. The molecule has 0 radical (unpaired) electrons. The average molecular weight is 516 g/mol. The quantitative estimate of drug-likeness (QED) is 0.410. The first kappa shape index (κ1) is 26.3. The molecule has 1 aliphatic heterocycles. The summed E-state index contributed by atoms with van der Waals surface area (Å²) >= 11 is 0. The molecule has 4 rings (SSSR count). The van der Waals surface area contributed by atoms with E-state index in [-0.39, 0.29) is 15.9 Å². The smallest absolute Gasteiger partial charge is 0.282 e. The number of nitrogens with one attached hydrogen (secondary N) is 1. The van der Waals surface area contributed by atoms with Gasteiger partial charge in [-0.2, -0.15) is 12.8 Å². The molecule has 0 atom stereocenters. The Kier molecular flexibility index (Phi) is 7.85. The molecular weight excluding hydrogens is 478 g/mol. The van der Waals surface area contributed by atoms with Crippen LogP contribution >= 0.6 is 0 Å². The van der Waals surface area contributed by atoms with Crippen LogP contribution in [0.3, 0.4) is 0 Å². The Morgan fingerprint density at radius 1 is 1.22 bits per heavy atom. The lowest BCUT2D eigenvalue weighted by Gasteiger charge is -2.26. The Balaban J connectivity index is 1.57. The number of imidazole rings is 1. The third-order valence-corrected chi connectivity index (χ3v) is 8.25. The molecule has 0 bridgehead atoms. The van der Waals surface area contributed by atoms with E-state index in [1.807, 2.05) is 0 Å². The molecule has 2 heterocycles. The van der Waals surface area contributed by atoms with E-state index in [0.29, 0.717) is 23.9 Å². The molecule has 2 aromatic rings. The van der Waals surface area contributed by atoms with Crippen LogP contribution in [0.25, 0.3) is 11.0 Å². The van der Waals surface area contributed by atoms with E-state index in [4.69, 9.17) is 15.5 Å². The number of hydrogen-bond acceptors (Lipinski definition) is 6. The lowest BCUT2D eigenvalue weighted by atomic mass is 9.85. The molecule has 36 heavy (non-hydrogen) atoms. The van der Waals surface area contributed by atoms with Gasteiger partial charge in [0.1, 0.15) is 5.82 Å². The zero-order chi connectivity index (χ0) is 25.9. The predicted octanol–water partition coefficient (Wildman–Crippen LogP) is 3.28. The second-order valence-corrected chi connectivity index (χ2v) is 12.5. The van der Waals surface area contributed by atoms with Crippen LogP contribution in [-0.2, 0) is 31.5 Å². The van der Waals surface area contributed by atoms with E-state index in [1.54, 1.807) is 18.2 Å². The summed E-state index contributed by atoms with van der Waals surface area (Å²) in [6.07, 6.45) is 7.44. The normalized spacial score (nSPS) is 18.6. The summed E-state index contributed by atoms with van der Waals surface area (Å²) in [7, 11) is -4.05. The summed E-state index contributed by atoms with van der Waals surface area (Å²) < 4.78 is 37.5. The van der Waals surface area contributed by atoms with Crippen molar-refractivity contribution >= 4 is 33.2 Å². The van der Waals surface area contributed by atoms with Gasteiger partial charge in [0, 0.05) is 37.9 Å². The first-order chi connectivity index (χ1) is 17.1. The number of rotatable bonds is 8. The van der Waals surface area contributed by atoms with Crippen molar-refractivity contribution in [1.29, 1.82) is 0 Å². The predicted molar refractivity (Wildman–Crippen MR) is 140 cm³/mol. The summed E-state index contributed by atoms with van der Waals surface area (Å²) in [5, 5.41) is 2.80. The number of fused-ring (bicyclic) bond motifs is 1. The number of nitrogens with two attached hydrogens (primary N) is 1. The SMILES string of the molecule is CC(C)(C)c1nc2cc(S(=O)(=O)N=CC(=CN)C(=O)NCC3CCC3)ccc2n1CC1CCOCC1. The molecule has 1 saturated heterocycles. The summed E-state index contributed by atoms with van der Waals surface area (Å²) in [4.78, 5) is 17.2. The number of hydrogen-bond donors (Lipinski definition) is 2. The van der Waals surface area contributed by atoms with E-state index in [1.165, 1.54) is 6.42 Å². The molecule has 2 fully saturated rings.